The molecule has 3 heterocycles. The molecule has 0 aliphatic carbocycles. The average molecular weight is 624 g/mol. The Hall–Kier alpha value is -4.97. The number of methoxy groups -OCH3 is 2. The van der Waals surface area contributed by atoms with Crippen LogP contribution in [0.5, 0.6) is 11.5 Å². The van der Waals surface area contributed by atoms with Gasteiger partial charge in [-0.3, -0.25) is 4.79 Å². The molecule has 0 saturated carbocycles. The lowest BCUT2D eigenvalue weighted by atomic mass is 9.80. The minimum absolute atomic E-state index is 0.0657. The molecule has 1 saturated heterocycles. The molecule has 11 nitrogen and oxygen atoms in total. The van der Waals surface area contributed by atoms with Gasteiger partial charge in [0.15, 0.2) is 5.52 Å². The predicted molar refractivity (Wildman–Crippen MR) is 175 cm³/mol. The van der Waals surface area contributed by atoms with Gasteiger partial charge in [-0.15, -0.1) is 0 Å². The standard InChI is InChI=1S/C35H37N5O6/c1-39(2)21-36-31-18-28-33(34(42)38-31)37-22-40(28)32-19-29(41)30(46-32)20-45-35(23-8-6-5-7-9-23,24-10-14-26(43-3)15-11-24)25-12-16-27(44-4)17-13-25/h5-18,21-22,29-30,32,41H,19-20H2,1-4H3,(H,38,42)/t29-,30+,32+/m0/s1. The van der Waals surface area contributed by atoms with Crippen molar-refractivity contribution in [1.29, 1.82) is 0 Å². The molecule has 0 bridgehead atoms. The van der Waals surface area contributed by atoms with Crippen LogP contribution in [0.25, 0.3) is 11.0 Å². The maximum atomic E-state index is 12.8. The zero-order valence-electron chi connectivity index (χ0n) is 26.2. The zero-order chi connectivity index (χ0) is 32.3. The number of aliphatic hydroxyl groups is 1. The Bertz CT molecular complexity index is 1800. The van der Waals surface area contributed by atoms with Crippen LogP contribution in [0.2, 0.25) is 0 Å². The molecular weight excluding hydrogens is 586 g/mol. The number of pyridine rings is 1. The molecule has 1 aliphatic heterocycles. The number of hydrogen-bond donors (Lipinski definition) is 2. The summed E-state index contributed by atoms with van der Waals surface area (Å²) in [7, 11) is 6.95. The van der Waals surface area contributed by atoms with Crippen LogP contribution < -0.4 is 15.0 Å². The van der Waals surface area contributed by atoms with E-state index in [9.17, 15) is 9.90 Å². The number of rotatable bonds is 11. The Morgan fingerprint density at radius 2 is 1.61 bits per heavy atom. The van der Waals surface area contributed by atoms with Crippen LogP contribution in [0.4, 0.5) is 5.82 Å². The number of aliphatic imine (C=N–C) groups is 1. The molecule has 0 spiro atoms. The summed E-state index contributed by atoms with van der Waals surface area (Å²) in [6.07, 6.45) is 1.36. The van der Waals surface area contributed by atoms with Gasteiger partial charge in [-0.05, 0) is 41.0 Å². The summed E-state index contributed by atoms with van der Waals surface area (Å²) in [5, 5.41) is 11.3. The maximum Gasteiger partial charge on any atom is 0.277 e. The molecule has 5 aromatic rings. The number of nitrogens with zero attached hydrogens (tertiary/aromatic N) is 4. The van der Waals surface area contributed by atoms with Crippen molar-refractivity contribution in [3.8, 4) is 11.5 Å². The molecule has 0 unspecified atom stereocenters. The number of nitrogens with one attached hydrogen (secondary N) is 1. The van der Waals surface area contributed by atoms with E-state index in [0.29, 0.717) is 11.3 Å². The number of ether oxygens (including phenoxy) is 4. The van der Waals surface area contributed by atoms with Crippen LogP contribution in [-0.2, 0) is 15.1 Å². The van der Waals surface area contributed by atoms with Crippen LogP contribution in [0.3, 0.4) is 0 Å². The van der Waals surface area contributed by atoms with Crippen LogP contribution in [-0.4, -0.2) is 78.0 Å². The molecule has 0 radical (unpaired) electrons. The fourth-order valence-electron chi connectivity index (χ4n) is 5.82. The number of fused-ring (bicyclic) bond motifs is 1. The second kappa shape index (κ2) is 13.2. The number of H-pyrrole nitrogens is 1. The lowest BCUT2D eigenvalue weighted by Crippen LogP contribution is -2.38. The van der Waals surface area contributed by atoms with Crippen molar-refractivity contribution in [2.45, 2.75) is 30.5 Å². The Morgan fingerprint density at radius 1 is 1.00 bits per heavy atom. The lowest BCUT2D eigenvalue weighted by molar-refractivity contribution is -0.0930. The molecule has 11 heteroatoms. The van der Waals surface area contributed by atoms with Crippen molar-refractivity contribution in [2.75, 3.05) is 34.9 Å². The molecule has 3 aromatic carbocycles. The van der Waals surface area contributed by atoms with Crippen molar-refractivity contribution in [1.82, 2.24) is 19.4 Å². The largest absolute Gasteiger partial charge is 0.497 e. The van der Waals surface area contributed by atoms with Crippen LogP contribution in [0.15, 0.2) is 101 Å². The third kappa shape index (κ3) is 6.00. The van der Waals surface area contributed by atoms with E-state index in [-0.39, 0.29) is 24.1 Å². The fraction of sp³-hybridized carbons (Fsp3) is 0.286. The Morgan fingerprint density at radius 3 is 2.20 bits per heavy atom. The average Bonchev–Trinajstić information content (AvgIpc) is 3.68. The highest BCUT2D eigenvalue weighted by Crippen LogP contribution is 2.43. The molecule has 6 rings (SSSR count). The molecule has 2 aromatic heterocycles. The summed E-state index contributed by atoms with van der Waals surface area (Å²) < 4.78 is 26.1. The summed E-state index contributed by atoms with van der Waals surface area (Å²) in [6.45, 7) is 0.0657. The predicted octanol–water partition coefficient (Wildman–Crippen LogP) is 4.62. The smallest absolute Gasteiger partial charge is 0.277 e. The van der Waals surface area contributed by atoms with E-state index in [4.69, 9.17) is 18.9 Å². The lowest BCUT2D eigenvalue weighted by Gasteiger charge is -2.37. The highest BCUT2D eigenvalue weighted by atomic mass is 16.6. The van der Waals surface area contributed by atoms with Crippen LogP contribution >= 0.6 is 0 Å². The van der Waals surface area contributed by atoms with Gasteiger partial charge in [0.2, 0.25) is 0 Å². The SMILES string of the molecule is COc1ccc(C(OC[C@H]2O[C@@H](n3cnc4c(=O)[nH]c(N=CN(C)C)cc43)C[C@@H]2O)(c2ccccc2)c2ccc(OC)cc2)cc1. The van der Waals surface area contributed by atoms with Gasteiger partial charge in [-0.1, -0.05) is 54.6 Å². The van der Waals surface area contributed by atoms with Crippen molar-refractivity contribution in [3.05, 3.63) is 118 Å². The summed E-state index contributed by atoms with van der Waals surface area (Å²) in [4.78, 5) is 25.9. The minimum atomic E-state index is -1.06. The molecule has 3 atom stereocenters. The van der Waals surface area contributed by atoms with E-state index >= 15 is 0 Å². The molecule has 1 aliphatic rings. The van der Waals surface area contributed by atoms with Gasteiger partial charge in [0.05, 0.1) is 45.1 Å². The number of aromatic nitrogens is 3. The number of aliphatic hydroxyl groups excluding tert-OH is 1. The second-order valence-electron chi connectivity index (χ2n) is 11.3. The third-order valence-corrected chi connectivity index (χ3v) is 8.14. The number of hydrogen-bond acceptors (Lipinski definition) is 8. The summed E-state index contributed by atoms with van der Waals surface area (Å²) >= 11 is 0. The van der Waals surface area contributed by atoms with E-state index in [0.717, 1.165) is 28.2 Å². The zero-order valence-corrected chi connectivity index (χ0v) is 26.2. The fourth-order valence-corrected chi connectivity index (χ4v) is 5.82. The molecular formula is C35H37N5O6. The summed E-state index contributed by atoms with van der Waals surface area (Å²) in [6, 6.07) is 27.2. The first-order valence-corrected chi connectivity index (χ1v) is 14.9. The number of aromatic amines is 1. The topological polar surface area (TPSA) is 123 Å². The maximum absolute atomic E-state index is 12.8. The second-order valence-corrected chi connectivity index (χ2v) is 11.3. The van der Waals surface area contributed by atoms with Gasteiger partial charge in [-0.2, -0.15) is 0 Å². The van der Waals surface area contributed by atoms with E-state index in [1.807, 2.05) is 93.0 Å². The van der Waals surface area contributed by atoms with Crippen molar-refractivity contribution >= 4 is 23.2 Å². The highest BCUT2D eigenvalue weighted by molar-refractivity contribution is 5.77. The van der Waals surface area contributed by atoms with Crippen LogP contribution in [0.1, 0.15) is 29.3 Å². The quantitative estimate of drug-likeness (QED) is 0.124. The molecule has 46 heavy (non-hydrogen) atoms. The molecule has 238 valence electrons. The Kier molecular flexibility index (Phi) is 8.89. The van der Waals surface area contributed by atoms with E-state index < -0.39 is 24.0 Å². The van der Waals surface area contributed by atoms with Gasteiger partial charge >= 0.3 is 0 Å². The molecule has 2 N–H and O–H groups in total. The summed E-state index contributed by atoms with van der Waals surface area (Å²) in [5.41, 5.74) is 2.06. The Labute approximate surface area is 266 Å². The van der Waals surface area contributed by atoms with Gasteiger partial charge in [0, 0.05) is 26.6 Å². The van der Waals surface area contributed by atoms with Gasteiger partial charge in [0.25, 0.3) is 5.56 Å². The van der Waals surface area contributed by atoms with Gasteiger partial charge in [0.1, 0.15) is 35.2 Å². The Balaban J connectivity index is 1.35. The normalized spacial score (nSPS) is 18.3. The minimum Gasteiger partial charge on any atom is -0.497 e. The van der Waals surface area contributed by atoms with E-state index in [1.165, 1.54) is 0 Å². The monoisotopic (exact) mass is 623 g/mol. The van der Waals surface area contributed by atoms with E-state index in [1.54, 1.807) is 42.4 Å². The number of imidazole rings is 1. The first-order chi connectivity index (χ1) is 22.3. The van der Waals surface area contributed by atoms with Gasteiger partial charge in [-0.25, -0.2) is 9.98 Å². The first kappa shape index (κ1) is 31.0. The summed E-state index contributed by atoms with van der Waals surface area (Å²) in [5.74, 6) is 1.83. The molecule has 1 fully saturated rings. The number of benzene rings is 3. The van der Waals surface area contributed by atoms with Crippen molar-refractivity contribution in [2.24, 2.45) is 4.99 Å². The van der Waals surface area contributed by atoms with Crippen molar-refractivity contribution in [3.63, 3.8) is 0 Å². The highest BCUT2D eigenvalue weighted by Gasteiger charge is 2.42. The van der Waals surface area contributed by atoms with Crippen molar-refractivity contribution < 1.29 is 24.1 Å². The van der Waals surface area contributed by atoms with E-state index in [2.05, 4.69) is 15.0 Å². The van der Waals surface area contributed by atoms with Gasteiger partial charge < -0.3 is 38.5 Å². The molecule has 0 amide bonds. The third-order valence-electron chi connectivity index (χ3n) is 8.14. The van der Waals surface area contributed by atoms with Crippen LogP contribution in [0, 0.1) is 0 Å². The first-order valence-electron chi connectivity index (χ1n) is 14.9.